The fourth-order valence-electron chi connectivity index (χ4n) is 2.46. The minimum absolute atomic E-state index is 0.0137. The third-order valence-electron chi connectivity index (χ3n) is 3.22. The van der Waals surface area contributed by atoms with Crippen molar-refractivity contribution in [2.45, 2.75) is 6.92 Å². The summed E-state index contributed by atoms with van der Waals surface area (Å²) in [7, 11) is 0. The van der Waals surface area contributed by atoms with E-state index >= 15 is 0 Å². The summed E-state index contributed by atoms with van der Waals surface area (Å²) in [6.07, 6.45) is 0. The lowest BCUT2D eigenvalue weighted by Crippen LogP contribution is -2.23. The van der Waals surface area contributed by atoms with Crippen LogP contribution in [0.4, 0.5) is 0 Å². The van der Waals surface area contributed by atoms with Crippen molar-refractivity contribution in [2.75, 3.05) is 13.2 Å². The molecule has 0 unspecified atom stereocenters. The molecule has 1 aromatic rings. The van der Waals surface area contributed by atoms with E-state index in [0.29, 0.717) is 16.8 Å². The lowest BCUT2D eigenvalue weighted by atomic mass is 10.0. The summed E-state index contributed by atoms with van der Waals surface area (Å²) in [4.78, 5) is 37.3. The van der Waals surface area contributed by atoms with Crippen LogP contribution in [-0.2, 0) is 14.3 Å². The zero-order valence-corrected chi connectivity index (χ0v) is 10.3. The fourth-order valence-corrected chi connectivity index (χ4v) is 2.46. The van der Waals surface area contributed by atoms with Crippen LogP contribution in [0.2, 0.25) is 0 Å². The summed E-state index contributed by atoms with van der Waals surface area (Å²) in [5.74, 6) is -1.26. The van der Waals surface area contributed by atoms with Crippen molar-refractivity contribution in [1.82, 2.24) is 4.90 Å². The Bertz CT molecular complexity index is 645. The first-order valence-electron chi connectivity index (χ1n) is 6.01. The quantitative estimate of drug-likeness (QED) is 0.451. The Balaban J connectivity index is 2.20. The van der Waals surface area contributed by atoms with Gasteiger partial charge in [0.2, 0.25) is 0 Å². The van der Waals surface area contributed by atoms with E-state index in [-0.39, 0.29) is 30.4 Å². The summed E-state index contributed by atoms with van der Waals surface area (Å²) in [5.41, 5.74) is 1.53. The molecule has 0 aromatic heterocycles. The number of amides is 1. The van der Waals surface area contributed by atoms with Crippen LogP contribution in [0.1, 0.15) is 22.8 Å². The van der Waals surface area contributed by atoms with Gasteiger partial charge in [-0.25, -0.2) is 4.79 Å². The average molecular weight is 258 g/mol. The van der Waals surface area contributed by atoms with Crippen LogP contribution in [0.5, 0.6) is 0 Å². The number of fused-ring (bicyclic) bond motifs is 3. The van der Waals surface area contributed by atoms with Crippen molar-refractivity contribution in [3.8, 4) is 0 Å². The number of carbonyl (C=O) groups is 3. The van der Waals surface area contributed by atoms with E-state index in [0.717, 1.165) is 0 Å². The van der Waals surface area contributed by atoms with E-state index in [4.69, 9.17) is 4.74 Å². The van der Waals surface area contributed by atoms with Crippen molar-refractivity contribution in [1.29, 1.82) is 0 Å². The van der Waals surface area contributed by atoms with Gasteiger partial charge in [-0.15, -0.1) is 0 Å². The van der Waals surface area contributed by atoms with Gasteiger partial charge in [0.25, 0.3) is 5.91 Å². The van der Waals surface area contributed by atoms with E-state index in [2.05, 4.69) is 0 Å². The van der Waals surface area contributed by atoms with E-state index in [1.54, 1.807) is 31.2 Å². The lowest BCUT2D eigenvalue weighted by Gasteiger charge is -2.09. The first-order chi connectivity index (χ1) is 9.15. The molecular weight excluding hydrogens is 247 g/mol. The number of ketones is 1. The van der Waals surface area contributed by atoms with Crippen LogP contribution in [0.15, 0.2) is 29.8 Å². The van der Waals surface area contributed by atoms with Crippen LogP contribution in [0.3, 0.4) is 0 Å². The van der Waals surface area contributed by atoms with E-state index in [1.807, 2.05) is 0 Å². The number of nitrogens with zero attached hydrogens (tertiary/aromatic N) is 1. The SMILES string of the molecule is CCOC(=O)C1=C2c3ccccc3C(=O)N2[13CH2]C1=O. The van der Waals surface area contributed by atoms with Crippen LogP contribution < -0.4 is 0 Å². The molecule has 1 amide bonds. The second-order valence-corrected chi connectivity index (χ2v) is 4.30. The maximum Gasteiger partial charge on any atom is 0.344 e. The van der Waals surface area contributed by atoms with Crippen LogP contribution in [0, 0.1) is 0 Å². The first kappa shape index (κ1) is 11.6. The third kappa shape index (κ3) is 1.51. The van der Waals surface area contributed by atoms with E-state index in [1.165, 1.54) is 4.90 Å². The molecule has 0 bridgehead atoms. The molecule has 2 aliphatic rings. The molecule has 3 rings (SSSR count). The molecule has 5 nitrogen and oxygen atoms in total. The van der Waals surface area contributed by atoms with Crippen molar-refractivity contribution in [3.05, 3.63) is 41.0 Å². The van der Waals surface area contributed by atoms with Gasteiger partial charge in [-0.2, -0.15) is 0 Å². The molecule has 19 heavy (non-hydrogen) atoms. The zero-order chi connectivity index (χ0) is 13.6. The lowest BCUT2D eigenvalue weighted by molar-refractivity contribution is -0.139. The number of hydrogen-bond acceptors (Lipinski definition) is 4. The Morgan fingerprint density at radius 3 is 2.63 bits per heavy atom. The molecule has 0 saturated heterocycles. The van der Waals surface area contributed by atoms with Gasteiger partial charge in [0.1, 0.15) is 5.57 Å². The van der Waals surface area contributed by atoms with Crippen molar-refractivity contribution < 1.29 is 19.1 Å². The molecule has 0 N–H and O–H groups in total. The molecule has 2 aliphatic heterocycles. The average Bonchev–Trinajstić information content (AvgIpc) is 2.87. The molecule has 1 aromatic carbocycles. The standard InChI is InChI=1S/C14H11NO4/c1-2-19-14(18)11-10(16)7-15-12(11)8-5-3-4-6-9(8)13(15)17/h3-6H,2,7H2,1H3/i7+1. The van der Waals surface area contributed by atoms with Gasteiger partial charge in [-0.3, -0.25) is 14.5 Å². The predicted octanol–water partition coefficient (Wildman–Crippen LogP) is 0.999. The van der Waals surface area contributed by atoms with Gasteiger partial charge >= 0.3 is 5.97 Å². The summed E-state index contributed by atoms with van der Waals surface area (Å²) in [6, 6.07) is 6.95. The summed E-state index contributed by atoms with van der Waals surface area (Å²) in [6.45, 7) is 1.78. The summed E-state index contributed by atoms with van der Waals surface area (Å²) >= 11 is 0. The highest BCUT2D eigenvalue weighted by molar-refractivity contribution is 6.30. The second-order valence-electron chi connectivity index (χ2n) is 4.30. The normalized spacial score (nSPS) is 16.8. The van der Waals surface area contributed by atoms with E-state index in [9.17, 15) is 14.4 Å². The van der Waals surface area contributed by atoms with Crippen LogP contribution in [0.25, 0.3) is 5.70 Å². The van der Waals surface area contributed by atoms with E-state index < -0.39 is 5.97 Å². The van der Waals surface area contributed by atoms with Crippen molar-refractivity contribution >= 4 is 23.4 Å². The number of carbonyl (C=O) groups excluding carboxylic acids is 3. The number of esters is 1. The predicted molar refractivity (Wildman–Crippen MR) is 66.0 cm³/mol. The highest BCUT2D eigenvalue weighted by Gasteiger charge is 2.44. The number of rotatable bonds is 2. The maximum atomic E-state index is 12.1. The fraction of sp³-hybridized carbons (Fsp3) is 0.214. The second kappa shape index (κ2) is 4.05. The Hall–Kier alpha value is -2.43. The Kier molecular flexibility index (Phi) is 2.48. The molecule has 0 spiro atoms. The monoisotopic (exact) mass is 258 g/mol. The third-order valence-corrected chi connectivity index (χ3v) is 3.22. The largest absolute Gasteiger partial charge is 0.462 e. The molecule has 0 radical (unpaired) electrons. The minimum Gasteiger partial charge on any atom is -0.462 e. The molecule has 5 heteroatoms. The number of Topliss-reactive ketones (excluding diaryl/α,β-unsaturated/α-hetero) is 1. The molecule has 0 atom stereocenters. The number of benzene rings is 1. The Morgan fingerprint density at radius 1 is 1.26 bits per heavy atom. The van der Waals surface area contributed by atoms with Crippen molar-refractivity contribution in [3.63, 3.8) is 0 Å². The molecule has 0 aliphatic carbocycles. The Labute approximate surface area is 109 Å². The maximum absolute atomic E-state index is 12.1. The summed E-state index contributed by atoms with van der Waals surface area (Å²) in [5, 5.41) is 0. The van der Waals surface area contributed by atoms with Gasteiger partial charge in [0.05, 0.1) is 18.8 Å². The van der Waals surface area contributed by atoms with Gasteiger partial charge in [0.15, 0.2) is 5.78 Å². The van der Waals surface area contributed by atoms with Gasteiger partial charge in [0, 0.05) is 11.1 Å². The Morgan fingerprint density at radius 2 is 1.95 bits per heavy atom. The number of hydrogen-bond donors (Lipinski definition) is 0. The molecule has 0 saturated carbocycles. The van der Waals surface area contributed by atoms with Crippen LogP contribution in [-0.4, -0.2) is 35.7 Å². The molecule has 0 fully saturated rings. The smallest absolute Gasteiger partial charge is 0.344 e. The van der Waals surface area contributed by atoms with Gasteiger partial charge in [-0.1, -0.05) is 18.2 Å². The minimum atomic E-state index is -0.658. The molecule has 2 heterocycles. The summed E-state index contributed by atoms with van der Waals surface area (Å²) < 4.78 is 4.90. The van der Waals surface area contributed by atoms with Crippen LogP contribution >= 0.6 is 0 Å². The zero-order valence-electron chi connectivity index (χ0n) is 10.3. The molecular formula is C14H11NO4. The highest BCUT2D eigenvalue weighted by atomic mass is 16.5. The number of ether oxygens (including phenoxy) is 1. The first-order valence-corrected chi connectivity index (χ1v) is 6.01. The topological polar surface area (TPSA) is 63.7 Å². The van der Waals surface area contributed by atoms with Gasteiger partial charge in [-0.05, 0) is 13.0 Å². The van der Waals surface area contributed by atoms with Crippen molar-refractivity contribution in [2.24, 2.45) is 0 Å². The van der Waals surface area contributed by atoms with Gasteiger partial charge < -0.3 is 4.74 Å². The molecule has 96 valence electrons. The highest BCUT2D eigenvalue weighted by Crippen LogP contribution is 2.39.